The Bertz CT molecular complexity index is 1010. The molecule has 1 unspecified atom stereocenters. The summed E-state index contributed by atoms with van der Waals surface area (Å²) in [5, 5.41) is 2.84. The third-order valence-corrected chi connectivity index (χ3v) is 5.20. The van der Waals surface area contributed by atoms with Crippen molar-refractivity contribution in [3.8, 4) is 0 Å². The second-order valence-corrected chi connectivity index (χ2v) is 7.42. The van der Waals surface area contributed by atoms with E-state index in [0.29, 0.717) is 18.0 Å². The average molecular weight is 362 g/mol. The van der Waals surface area contributed by atoms with Crippen LogP contribution in [0.1, 0.15) is 29.0 Å². The topological polar surface area (TPSA) is 20.3 Å². The van der Waals surface area contributed by atoms with E-state index in [1.54, 1.807) is 4.90 Å². The molecular weight excluding hydrogens is 342 g/mol. The summed E-state index contributed by atoms with van der Waals surface area (Å²) < 4.78 is 0. The van der Waals surface area contributed by atoms with E-state index in [-0.39, 0.29) is 11.8 Å². The molecule has 3 heteroatoms. The molecule has 0 aromatic heterocycles. The Hall–Kier alpha value is -2.58. The van der Waals surface area contributed by atoms with E-state index in [9.17, 15) is 4.79 Å². The number of halogens is 1. The van der Waals surface area contributed by atoms with Crippen LogP contribution in [-0.2, 0) is 4.79 Å². The van der Waals surface area contributed by atoms with E-state index in [2.05, 4.69) is 62.0 Å². The lowest BCUT2D eigenvalue weighted by Crippen LogP contribution is -2.37. The minimum atomic E-state index is 0.0454. The fraction of sp³-hybridized carbons (Fsp3) is 0.174. The number of benzene rings is 3. The van der Waals surface area contributed by atoms with Crippen LogP contribution in [0, 0.1) is 6.92 Å². The number of anilines is 1. The second-order valence-electron chi connectivity index (χ2n) is 6.88. The lowest BCUT2D eigenvalue weighted by molar-refractivity contribution is -0.119. The van der Waals surface area contributed by atoms with Gasteiger partial charge in [-0.05, 0) is 34.9 Å². The van der Waals surface area contributed by atoms with Gasteiger partial charge in [0.1, 0.15) is 0 Å². The summed E-state index contributed by atoms with van der Waals surface area (Å²) in [7, 11) is 0. The standard InChI is InChI=1S/C23H20ClNO/c1-15-7-9-18(10-8-15)20-13-22(26)25(14-16(2)24)21-12-11-17-5-3-4-6-19(17)23(20)21/h3-12,20H,2,13-14H2,1H3. The first-order chi connectivity index (χ1) is 12.5. The maximum Gasteiger partial charge on any atom is 0.228 e. The van der Waals surface area contributed by atoms with E-state index in [1.165, 1.54) is 27.5 Å². The minimum absolute atomic E-state index is 0.0454. The summed E-state index contributed by atoms with van der Waals surface area (Å²) in [6.07, 6.45) is 0.439. The first kappa shape index (κ1) is 16.9. The van der Waals surface area contributed by atoms with Gasteiger partial charge in [0.15, 0.2) is 0 Å². The zero-order valence-electron chi connectivity index (χ0n) is 14.7. The number of amides is 1. The number of hydrogen-bond acceptors (Lipinski definition) is 1. The zero-order valence-corrected chi connectivity index (χ0v) is 15.5. The number of carbonyl (C=O) groups is 1. The van der Waals surface area contributed by atoms with Gasteiger partial charge in [0.2, 0.25) is 5.91 Å². The third kappa shape index (κ3) is 2.91. The molecule has 0 bridgehead atoms. The quantitative estimate of drug-likeness (QED) is 0.580. The van der Waals surface area contributed by atoms with Crippen LogP contribution in [0.15, 0.2) is 72.3 Å². The van der Waals surface area contributed by atoms with Crippen molar-refractivity contribution >= 4 is 34.0 Å². The molecule has 0 radical (unpaired) electrons. The molecule has 3 aromatic rings. The van der Waals surface area contributed by atoms with Gasteiger partial charge in [-0.3, -0.25) is 4.79 Å². The van der Waals surface area contributed by atoms with Gasteiger partial charge in [0.25, 0.3) is 0 Å². The van der Waals surface area contributed by atoms with E-state index in [1.807, 2.05) is 12.1 Å². The van der Waals surface area contributed by atoms with E-state index < -0.39 is 0 Å². The number of carbonyl (C=O) groups excluding carboxylic acids is 1. The molecular formula is C23H20ClNO. The van der Waals surface area contributed by atoms with Crippen LogP contribution in [0.3, 0.4) is 0 Å². The van der Waals surface area contributed by atoms with Gasteiger partial charge in [-0.25, -0.2) is 0 Å². The first-order valence-corrected chi connectivity index (χ1v) is 9.14. The number of aryl methyl sites for hydroxylation is 1. The Morgan fingerprint density at radius 3 is 2.58 bits per heavy atom. The predicted molar refractivity (Wildman–Crippen MR) is 109 cm³/mol. The van der Waals surface area contributed by atoms with Crippen molar-refractivity contribution in [2.24, 2.45) is 0 Å². The molecule has 0 spiro atoms. The van der Waals surface area contributed by atoms with E-state index in [0.717, 1.165) is 5.69 Å². The Labute approximate surface area is 158 Å². The molecule has 1 atom stereocenters. The van der Waals surface area contributed by atoms with Crippen LogP contribution in [0.25, 0.3) is 10.8 Å². The third-order valence-electron chi connectivity index (χ3n) is 5.08. The molecule has 0 fully saturated rings. The van der Waals surface area contributed by atoms with Crippen molar-refractivity contribution in [3.63, 3.8) is 0 Å². The summed E-state index contributed by atoms with van der Waals surface area (Å²) in [5.74, 6) is 0.129. The summed E-state index contributed by atoms with van der Waals surface area (Å²) >= 11 is 6.04. The molecule has 3 aromatic carbocycles. The molecule has 2 nitrogen and oxygen atoms in total. The maximum absolute atomic E-state index is 12.9. The fourth-order valence-electron chi connectivity index (χ4n) is 3.84. The van der Waals surface area contributed by atoms with Gasteiger partial charge in [0, 0.05) is 23.1 Å². The molecule has 1 aliphatic heterocycles. The lowest BCUT2D eigenvalue weighted by atomic mass is 9.81. The Morgan fingerprint density at radius 1 is 1.12 bits per heavy atom. The lowest BCUT2D eigenvalue weighted by Gasteiger charge is -2.35. The highest BCUT2D eigenvalue weighted by Gasteiger charge is 2.33. The normalized spacial score (nSPS) is 16.6. The molecule has 0 saturated carbocycles. The monoisotopic (exact) mass is 361 g/mol. The van der Waals surface area contributed by atoms with Crippen molar-refractivity contribution < 1.29 is 4.79 Å². The summed E-state index contributed by atoms with van der Waals surface area (Å²) in [4.78, 5) is 14.7. The van der Waals surface area contributed by atoms with E-state index in [4.69, 9.17) is 11.6 Å². The Balaban J connectivity index is 1.96. The molecule has 0 N–H and O–H groups in total. The summed E-state index contributed by atoms with van der Waals surface area (Å²) in [5.41, 5.74) is 4.52. The van der Waals surface area contributed by atoms with Crippen molar-refractivity contribution in [1.82, 2.24) is 0 Å². The number of fused-ring (bicyclic) bond motifs is 3. The van der Waals surface area contributed by atoms with Crippen molar-refractivity contribution in [2.75, 3.05) is 11.4 Å². The average Bonchev–Trinajstić information content (AvgIpc) is 2.63. The highest BCUT2D eigenvalue weighted by Crippen LogP contribution is 2.44. The smallest absolute Gasteiger partial charge is 0.228 e. The molecule has 0 saturated heterocycles. The number of hydrogen-bond donors (Lipinski definition) is 0. The molecule has 26 heavy (non-hydrogen) atoms. The molecule has 1 heterocycles. The number of rotatable bonds is 3. The zero-order chi connectivity index (χ0) is 18.3. The van der Waals surface area contributed by atoms with Crippen molar-refractivity contribution in [3.05, 3.63) is 89.0 Å². The highest BCUT2D eigenvalue weighted by atomic mass is 35.5. The fourth-order valence-corrected chi connectivity index (χ4v) is 3.95. The SMILES string of the molecule is C=C(Cl)CN1C(=O)CC(c2ccc(C)cc2)c2c1ccc1ccccc21. The molecule has 4 rings (SSSR count). The van der Waals surface area contributed by atoms with Crippen molar-refractivity contribution in [1.29, 1.82) is 0 Å². The Kier molecular flexibility index (Phi) is 4.29. The molecule has 1 amide bonds. The van der Waals surface area contributed by atoms with Gasteiger partial charge in [-0.2, -0.15) is 0 Å². The molecule has 0 aliphatic carbocycles. The van der Waals surface area contributed by atoms with Gasteiger partial charge in [-0.1, -0.05) is 78.3 Å². The van der Waals surface area contributed by atoms with Crippen LogP contribution in [0.5, 0.6) is 0 Å². The van der Waals surface area contributed by atoms with Gasteiger partial charge in [-0.15, -0.1) is 0 Å². The van der Waals surface area contributed by atoms with Crippen LogP contribution < -0.4 is 4.90 Å². The van der Waals surface area contributed by atoms with E-state index >= 15 is 0 Å². The maximum atomic E-state index is 12.9. The van der Waals surface area contributed by atoms with Crippen LogP contribution in [-0.4, -0.2) is 12.5 Å². The largest absolute Gasteiger partial charge is 0.307 e. The van der Waals surface area contributed by atoms with Gasteiger partial charge in [0.05, 0.1) is 6.54 Å². The van der Waals surface area contributed by atoms with Crippen LogP contribution >= 0.6 is 11.6 Å². The second kappa shape index (κ2) is 6.62. The predicted octanol–water partition coefficient (Wildman–Crippen LogP) is 5.77. The highest BCUT2D eigenvalue weighted by molar-refractivity contribution is 6.30. The minimum Gasteiger partial charge on any atom is -0.307 e. The van der Waals surface area contributed by atoms with Gasteiger partial charge < -0.3 is 4.90 Å². The molecule has 130 valence electrons. The van der Waals surface area contributed by atoms with Crippen LogP contribution in [0.2, 0.25) is 0 Å². The number of nitrogens with zero attached hydrogens (tertiary/aromatic N) is 1. The first-order valence-electron chi connectivity index (χ1n) is 8.76. The van der Waals surface area contributed by atoms with Crippen molar-refractivity contribution in [2.45, 2.75) is 19.3 Å². The summed E-state index contributed by atoms with van der Waals surface area (Å²) in [6, 6.07) is 20.9. The van der Waals surface area contributed by atoms with Gasteiger partial charge >= 0.3 is 0 Å². The molecule has 1 aliphatic rings. The summed E-state index contributed by atoms with van der Waals surface area (Å²) in [6.45, 7) is 6.19. The Morgan fingerprint density at radius 2 is 1.85 bits per heavy atom. The van der Waals surface area contributed by atoms with Crippen LogP contribution in [0.4, 0.5) is 5.69 Å².